The van der Waals surface area contributed by atoms with Gasteiger partial charge in [-0.3, -0.25) is 9.78 Å². The van der Waals surface area contributed by atoms with E-state index in [1.807, 2.05) is 50.4 Å². The largest absolute Gasteiger partial charge is 0.361 e. The molecule has 3 rings (SSSR count). The van der Waals surface area contributed by atoms with Crippen LogP contribution in [-0.4, -0.2) is 16.0 Å². The third-order valence-corrected chi connectivity index (χ3v) is 4.46. The Morgan fingerprint density at radius 2 is 1.85 bits per heavy atom. The summed E-state index contributed by atoms with van der Waals surface area (Å²) in [6.45, 7) is 5.92. The summed E-state index contributed by atoms with van der Waals surface area (Å²) in [7, 11) is 0. The Morgan fingerprint density at radius 3 is 2.42 bits per heavy atom. The molecule has 0 saturated carbocycles. The van der Waals surface area contributed by atoms with Crippen LogP contribution in [0, 0.1) is 6.92 Å². The van der Waals surface area contributed by atoms with Gasteiger partial charge in [0.15, 0.2) is 0 Å². The van der Waals surface area contributed by atoms with Crippen molar-refractivity contribution < 1.29 is 9.32 Å². The van der Waals surface area contributed by atoms with E-state index in [-0.39, 0.29) is 11.9 Å². The number of carbonyl (C=O) groups is 1. The highest BCUT2D eigenvalue weighted by molar-refractivity contribution is 5.79. The molecule has 0 saturated heterocycles. The number of hydrogen-bond acceptors (Lipinski definition) is 4. The summed E-state index contributed by atoms with van der Waals surface area (Å²) in [4.78, 5) is 16.8. The fourth-order valence-electron chi connectivity index (χ4n) is 2.83. The molecule has 5 heteroatoms. The third-order valence-electron chi connectivity index (χ3n) is 4.46. The summed E-state index contributed by atoms with van der Waals surface area (Å²) in [5.74, 6) is 0.763. The summed E-state index contributed by atoms with van der Waals surface area (Å²) < 4.78 is 5.09. The average molecular weight is 349 g/mol. The summed E-state index contributed by atoms with van der Waals surface area (Å²) in [5.41, 5.74) is 5.02. The third kappa shape index (κ3) is 4.17. The van der Waals surface area contributed by atoms with Gasteiger partial charge in [0.25, 0.3) is 0 Å². The highest BCUT2D eigenvalue weighted by Crippen LogP contribution is 2.23. The van der Waals surface area contributed by atoms with Gasteiger partial charge in [-0.05, 0) is 43.0 Å². The molecule has 134 valence electrons. The predicted molar refractivity (Wildman–Crippen MR) is 101 cm³/mol. The number of amides is 1. The molecule has 2 aromatic heterocycles. The number of aromatic nitrogens is 2. The molecule has 0 bridgehead atoms. The van der Waals surface area contributed by atoms with Crippen LogP contribution in [0.1, 0.15) is 42.5 Å². The number of benzene rings is 1. The zero-order valence-corrected chi connectivity index (χ0v) is 15.3. The van der Waals surface area contributed by atoms with Crippen LogP contribution in [0.2, 0.25) is 0 Å². The number of hydrogen-bond donors (Lipinski definition) is 1. The van der Waals surface area contributed by atoms with E-state index in [0.29, 0.717) is 6.42 Å². The van der Waals surface area contributed by atoms with Crippen LogP contribution < -0.4 is 5.32 Å². The van der Waals surface area contributed by atoms with E-state index >= 15 is 0 Å². The fourth-order valence-corrected chi connectivity index (χ4v) is 2.83. The first-order valence-corrected chi connectivity index (χ1v) is 8.81. The Labute approximate surface area is 153 Å². The second kappa shape index (κ2) is 7.95. The van der Waals surface area contributed by atoms with Crippen molar-refractivity contribution in [3.63, 3.8) is 0 Å². The minimum absolute atomic E-state index is 0.0206. The Balaban J connectivity index is 1.59. The van der Waals surface area contributed by atoms with Crippen LogP contribution in [0.15, 0.2) is 53.3 Å². The smallest absolute Gasteiger partial charge is 0.224 e. The molecule has 2 heterocycles. The molecule has 0 aliphatic rings. The first-order chi connectivity index (χ1) is 12.6. The Kier molecular flexibility index (Phi) is 5.46. The van der Waals surface area contributed by atoms with Gasteiger partial charge >= 0.3 is 0 Å². The molecule has 1 N–H and O–H groups in total. The summed E-state index contributed by atoms with van der Waals surface area (Å²) >= 11 is 0. The van der Waals surface area contributed by atoms with Crippen molar-refractivity contribution in [3.8, 4) is 11.1 Å². The molecular formula is C21H23N3O2. The van der Waals surface area contributed by atoms with Gasteiger partial charge in [-0.1, -0.05) is 42.4 Å². The maximum absolute atomic E-state index is 12.3. The van der Waals surface area contributed by atoms with Gasteiger partial charge in [0.05, 0.1) is 24.4 Å². The number of nitrogens with zero attached hydrogens (tertiary/aromatic N) is 2. The first-order valence-electron chi connectivity index (χ1n) is 8.81. The molecule has 0 fully saturated rings. The fraction of sp³-hybridized carbons (Fsp3) is 0.286. The average Bonchev–Trinajstić information content (AvgIpc) is 3.08. The van der Waals surface area contributed by atoms with Crippen molar-refractivity contribution in [2.75, 3.05) is 0 Å². The van der Waals surface area contributed by atoms with Gasteiger partial charge in [0.1, 0.15) is 5.76 Å². The number of aryl methyl sites for hydroxylation is 2. The summed E-state index contributed by atoms with van der Waals surface area (Å²) in [5, 5.41) is 6.80. The monoisotopic (exact) mass is 349 g/mol. The van der Waals surface area contributed by atoms with Crippen molar-refractivity contribution in [2.45, 2.75) is 39.7 Å². The lowest BCUT2D eigenvalue weighted by Gasteiger charge is -2.14. The number of rotatable bonds is 6. The lowest BCUT2D eigenvalue weighted by atomic mass is 10.0. The van der Waals surface area contributed by atoms with Crippen LogP contribution in [0.5, 0.6) is 0 Å². The van der Waals surface area contributed by atoms with E-state index in [0.717, 1.165) is 34.6 Å². The number of nitrogens with one attached hydrogen (secondary N) is 1. The van der Waals surface area contributed by atoms with E-state index in [2.05, 4.69) is 28.4 Å². The second-order valence-corrected chi connectivity index (χ2v) is 6.40. The first kappa shape index (κ1) is 17.9. The molecule has 1 atom stereocenters. The van der Waals surface area contributed by atoms with Crippen molar-refractivity contribution in [1.29, 1.82) is 0 Å². The summed E-state index contributed by atoms with van der Waals surface area (Å²) in [6.07, 6.45) is 4.86. The van der Waals surface area contributed by atoms with Crippen molar-refractivity contribution in [3.05, 3.63) is 71.4 Å². The van der Waals surface area contributed by atoms with Gasteiger partial charge in [0, 0.05) is 11.8 Å². The lowest BCUT2D eigenvalue weighted by Crippen LogP contribution is -2.28. The molecule has 0 aliphatic carbocycles. The molecule has 26 heavy (non-hydrogen) atoms. The van der Waals surface area contributed by atoms with E-state index in [1.165, 1.54) is 5.56 Å². The molecule has 3 aromatic rings. The SMILES string of the molecule is CCc1ccc(C(C)NC(=O)Cc2ccc(-c3cnoc3C)cc2)nc1. The standard InChI is InChI=1S/C21H23N3O2/c1-4-16-7-10-20(22-12-16)14(2)24-21(25)11-17-5-8-18(9-6-17)19-13-23-26-15(19)3/h5-10,12-14H,4,11H2,1-3H3,(H,24,25). The van der Waals surface area contributed by atoms with Gasteiger partial charge < -0.3 is 9.84 Å². The van der Waals surface area contributed by atoms with Gasteiger partial charge in [-0.25, -0.2) is 0 Å². The highest BCUT2D eigenvalue weighted by atomic mass is 16.5. The number of pyridine rings is 1. The summed E-state index contributed by atoms with van der Waals surface area (Å²) in [6, 6.07) is 11.8. The van der Waals surface area contributed by atoms with E-state index < -0.39 is 0 Å². The number of carbonyl (C=O) groups excluding carboxylic acids is 1. The lowest BCUT2D eigenvalue weighted by molar-refractivity contribution is -0.121. The van der Waals surface area contributed by atoms with E-state index in [1.54, 1.807) is 6.20 Å². The molecule has 1 unspecified atom stereocenters. The van der Waals surface area contributed by atoms with Crippen molar-refractivity contribution in [2.24, 2.45) is 0 Å². The Hall–Kier alpha value is -2.95. The topological polar surface area (TPSA) is 68.0 Å². The van der Waals surface area contributed by atoms with Crippen LogP contribution in [0.25, 0.3) is 11.1 Å². The normalized spacial score (nSPS) is 12.0. The molecule has 0 aliphatic heterocycles. The Bertz CT molecular complexity index is 867. The van der Waals surface area contributed by atoms with E-state index in [4.69, 9.17) is 4.52 Å². The van der Waals surface area contributed by atoms with Gasteiger partial charge in [0.2, 0.25) is 5.91 Å². The zero-order valence-electron chi connectivity index (χ0n) is 15.3. The van der Waals surface area contributed by atoms with Crippen molar-refractivity contribution >= 4 is 5.91 Å². The maximum atomic E-state index is 12.3. The second-order valence-electron chi connectivity index (χ2n) is 6.40. The highest BCUT2D eigenvalue weighted by Gasteiger charge is 2.12. The molecule has 0 radical (unpaired) electrons. The molecular weight excluding hydrogens is 326 g/mol. The van der Waals surface area contributed by atoms with Gasteiger partial charge in [-0.15, -0.1) is 0 Å². The van der Waals surface area contributed by atoms with Crippen LogP contribution in [0.3, 0.4) is 0 Å². The predicted octanol–water partition coefficient (Wildman–Crippen LogP) is 4.03. The molecule has 1 aromatic carbocycles. The molecule has 0 spiro atoms. The van der Waals surface area contributed by atoms with Crippen LogP contribution in [-0.2, 0) is 17.6 Å². The van der Waals surface area contributed by atoms with Crippen molar-refractivity contribution in [1.82, 2.24) is 15.5 Å². The minimum atomic E-state index is -0.118. The minimum Gasteiger partial charge on any atom is -0.361 e. The quantitative estimate of drug-likeness (QED) is 0.729. The van der Waals surface area contributed by atoms with Gasteiger partial charge in [-0.2, -0.15) is 0 Å². The maximum Gasteiger partial charge on any atom is 0.224 e. The molecule has 5 nitrogen and oxygen atoms in total. The van der Waals surface area contributed by atoms with E-state index in [9.17, 15) is 4.79 Å². The molecule has 1 amide bonds. The zero-order chi connectivity index (χ0) is 18.5. The van der Waals surface area contributed by atoms with Crippen LogP contribution >= 0.6 is 0 Å². The van der Waals surface area contributed by atoms with Crippen LogP contribution in [0.4, 0.5) is 0 Å². The Morgan fingerprint density at radius 1 is 1.12 bits per heavy atom.